The molecule has 19 heavy (non-hydrogen) atoms. The SMILES string of the molecule is C[C@H]1[C@H](C)CCC[C@@H]1NC(=O)c1ccc(Cl)c(Cl)c1. The van der Waals surface area contributed by atoms with E-state index in [4.69, 9.17) is 23.2 Å². The van der Waals surface area contributed by atoms with E-state index in [1.54, 1.807) is 18.2 Å². The van der Waals surface area contributed by atoms with E-state index in [1.807, 2.05) is 0 Å². The monoisotopic (exact) mass is 299 g/mol. The zero-order chi connectivity index (χ0) is 14.0. The predicted octanol–water partition coefficient (Wildman–Crippen LogP) is 4.55. The second-order valence-corrected chi connectivity index (χ2v) is 6.29. The maximum absolute atomic E-state index is 12.2. The van der Waals surface area contributed by atoms with Gasteiger partial charge >= 0.3 is 0 Å². The van der Waals surface area contributed by atoms with E-state index in [0.717, 1.165) is 6.42 Å². The summed E-state index contributed by atoms with van der Waals surface area (Å²) in [6.45, 7) is 4.46. The van der Waals surface area contributed by atoms with Gasteiger partial charge in [-0.25, -0.2) is 0 Å². The zero-order valence-electron chi connectivity index (χ0n) is 11.2. The third-order valence-corrected chi connectivity index (χ3v) is 4.94. The largest absolute Gasteiger partial charge is 0.349 e. The first-order valence-electron chi connectivity index (χ1n) is 6.75. The van der Waals surface area contributed by atoms with Crippen LogP contribution in [-0.2, 0) is 0 Å². The highest BCUT2D eigenvalue weighted by molar-refractivity contribution is 6.42. The van der Waals surface area contributed by atoms with Crippen molar-refractivity contribution in [3.63, 3.8) is 0 Å². The van der Waals surface area contributed by atoms with Crippen molar-refractivity contribution in [1.82, 2.24) is 5.32 Å². The van der Waals surface area contributed by atoms with Crippen molar-refractivity contribution >= 4 is 29.1 Å². The van der Waals surface area contributed by atoms with Crippen LogP contribution in [0.4, 0.5) is 0 Å². The number of rotatable bonds is 2. The van der Waals surface area contributed by atoms with Crippen LogP contribution in [0.25, 0.3) is 0 Å². The van der Waals surface area contributed by atoms with Crippen molar-refractivity contribution in [2.75, 3.05) is 0 Å². The van der Waals surface area contributed by atoms with Crippen LogP contribution < -0.4 is 5.32 Å². The predicted molar refractivity (Wildman–Crippen MR) is 79.9 cm³/mol. The molecule has 1 saturated carbocycles. The van der Waals surface area contributed by atoms with Crippen molar-refractivity contribution in [2.45, 2.75) is 39.2 Å². The van der Waals surface area contributed by atoms with Gasteiger partial charge in [-0.1, -0.05) is 49.9 Å². The standard InChI is InChI=1S/C15H19Cl2NO/c1-9-4-3-5-14(10(9)2)18-15(19)11-6-7-12(16)13(17)8-11/h6-10,14H,3-5H2,1-2H3,(H,18,19)/t9-,10+,14+/m1/s1. The molecule has 0 radical (unpaired) electrons. The summed E-state index contributed by atoms with van der Waals surface area (Å²) in [6, 6.07) is 5.24. The van der Waals surface area contributed by atoms with E-state index in [0.29, 0.717) is 27.4 Å². The molecule has 0 saturated heterocycles. The Morgan fingerprint density at radius 3 is 2.63 bits per heavy atom. The fourth-order valence-electron chi connectivity index (χ4n) is 2.67. The molecule has 3 atom stereocenters. The van der Waals surface area contributed by atoms with Crippen LogP contribution >= 0.6 is 23.2 Å². The van der Waals surface area contributed by atoms with Crippen LogP contribution in [0.2, 0.25) is 10.0 Å². The van der Waals surface area contributed by atoms with Gasteiger partial charge in [-0.15, -0.1) is 0 Å². The highest BCUT2D eigenvalue weighted by Gasteiger charge is 2.28. The van der Waals surface area contributed by atoms with Crippen LogP contribution in [0.15, 0.2) is 18.2 Å². The van der Waals surface area contributed by atoms with Crippen molar-refractivity contribution in [3.05, 3.63) is 33.8 Å². The zero-order valence-corrected chi connectivity index (χ0v) is 12.8. The molecule has 2 nitrogen and oxygen atoms in total. The Hall–Kier alpha value is -0.730. The highest BCUT2D eigenvalue weighted by atomic mass is 35.5. The average molecular weight is 300 g/mol. The summed E-state index contributed by atoms with van der Waals surface area (Å²) >= 11 is 11.8. The molecule has 0 unspecified atom stereocenters. The smallest absolute Gasteiger partial charge is 0.251 e. The van der Waals surface area contributed by atoms with E-state index in [2.05, 4.69) is 19.2 Å². The van der Waals surface area contributed by atoms with Gasteiger partial charge in [-0.05, 0) is 36.5 Å². The average Bonchev–Trinajstić information content (AvgIpc) is 2.38. The van der Waals surface area contributed by atoms with E-state index in [1.165, 1.54) is 12.8 Å². The van der Waals surface area contributed by atoms with Crippen LogP contribution in [0.3, 0.4) is 0 Å². The molecule has 1 fully saturated rings. The lowest BCUT2D eigenvalue weighted by Gasteiger charge is -2.34. The molecule has 4 heteroatoms. The topological polar surface area (TPSA) is 29.1 Å². The molecule has 0 spiro atoms. The minimum atomic E-state index is -0.0653. The van der Waals surface area contributed by atoms with Gasteiger partial charge in [0.2, 0.25) is 0 Å². The Bertz CT molecular complexity index is 475. The molecule has 0 heterocycles. The third kappa shape index (κ3) is 3.43. The second kappa shape index (κ2) is 6.15. The summed E-state index contributed by atoms with van der Waals surface area (Å²) in [5.74, 6) is 1.11. The number of carbonyl (C=O) groups is 1. The Morgan fingerprint density at radius 1 is 1.21 bits per heavy atom. The molecule has 1 amide bonds. The van der Waals surface area contributed by atoms with Gasteiger partial charge in [0.15, 0.2) is 0 Å². The van der Waals surface area contributed by atoms with E-state index < -0.39 is 0 Å². The van der Waals surface area contributed by atoms with Gasteiger partial charge in [0, 0.05) is 11.6 Å². The summed E-state index contributed by atoms with van der Waals surface area (Å²) in [5.41, 5.74) is 0.569. The first-order chi connectivity index (χ1) is 8.99. The molecule has 1 aromatic rings. The maximum Gasteiger partial charge on any atom is 0.251 e. The third-order valence-electron chi connectivity index (χ3n) is 4.21. The normalized spacial score (nSPS) is 27.1. The Kier molecular flexibility index (Phi) is 4.75. The lowest BCUT2D eigenvalue weighted by atomic mass is 9.78. The molecule has 0 aliphatic heterocycles. The number of amides is 1. The quantitative estimate of drug-likeness (QED) is 0.853. The molecule has 104 valence electrons. The summed E-state index contributed by atoms with van der Waals surface area (Å²) < 4.78 is 0. The fraction of sp³-hybridized carbons (Fsp3) is 0.533. The number of nitrogens with one attached hydrogen (secondary N) is 1. The molecule has 0 bridgehead atoms. The van der Waals surface area contributed by atoms with Crippen LogP contribution in [0.1, 0.15) is 43.5 Å². The molecule has 2 rings (SSSR count). The maximum atomic E-state index is 12.2. The van der Waals surface area contributed by atoms with Gasteiger partial charge in [0.05, 0.1) is 10.0 Å². The summed E-state index contributed by atoms with van der Waals surface area (Å²) in [4.78, 5) is 12.2. The van der Waals surface area contributed by atoms with Crippen LogP contribution in [0, 0.1) is 11.8 Å². The lowest BCUT2D eigenvalue weighted by molar-refractivity contribution is 0.0891. The molecular weight excluding hydrogens is 281 g/mol. The van der Waals surface area contributed by atoms with Gasteiger partial charge in [-0.2, -0.15) is 0 Å². The lowest BCUT2D eigenvalue weighted by Crippen LogP contribution is -2.43. The Morgan fingerprint density at radius 2 is 1.95 bits per heavy atom. The first kappa shape index (κ1) is 14.7. The molecular formula is C15H19Cl2NO. The minimum absolute atomic E-state index is 0.0653. The summed E-state index contributed by atoms with van der Waals surface area (Å²) in [7, 11) is 0. The molecule has 1 aromatic carbocycles. The van der Waals surface area contributed by atoms with Gasteiger partial charge < -0.3 is 5.32 Å². The van der Waals surface area contributed by atoms with Crippen molar-refractivity contribution in [3.8, 4) is 0 Å². The van der Waals surface area contributed by atoms with E-state index >= 15 is 0 Å². The number of benzene rings is 1. The van der Waals surface area contributed by atoms with Crippen molar-refractivity contribution in [1.29, 1.82) is 0 Å². The number of halogens is 2. The van der Waals surface area contributed by atoms with E-state index in [9.17, 15) is 4.79 Å². The van der Waals surface area contributed by atoms with Crippen molar-refractivity contribution in [2.24, 2.45) is 11.8 Å². The van der Waals surface area contributed by atoms with Gasteiger partial charge in [-0.3, -0.25) is 4.79 Å². The molecule has 1 N–H and O–H groups in total. The molecule has 1 aliphatic rings. The number of hydrogen-bond acceptors (Lipinski definition) is 1. The summed E-state index contributed by atoms with van der Waals surface area (Å²) in [6.07, 6.45) is 3.48. The minimum Gasteiger partial charge on any atom is -0.349 e. The molecule has 0 aromatic heterocycles. The number of hydrogen-bond donors (Lipinski definition) is 1. The molecule has 1 aliphatic carbocycles. The van der Waals surface area contributed by atoms with Crippen LogP contribution in [0.5, 0.6) is 0 Å². The first-order valence-corrected chi connectivity index (χ1v) is 7.50. The Balaban J connectivity index is 2.06. The number of carbonyl (C=O) groups excluding carboxylic acids is 1. The summed E-state index contributed by atoms with van der Waals surface area (Å²) in [5, 5.41) is 4.01. The van der Waals surface area contributed by atoms with Crippen molar-refractivity contribution < 1.29 is 4.79 Å². The van der Waals surface area contributed by atoms with Gasteiger partial charge in [0.25, 0.3) is 5.91 Å². The highest BCUT2D eigenvalue weighted by Crippen LogP contribution is 2.30. The fourth-order valence-corrected chi connectivity index (χ4v) is 2.97. The van der Waals surface area contributed by atoms with E-state index in [-0.39, 0.29) is 11.9 Å². The van der Waals surface area contributed by atoms with Gasteiger partial charge in [0.1, 0.15) is 0 Å². The van der Waals surface area contributed by atoms with Crippen LogP contribution in [-0.4, -0.2) is 11.9 Å². The second-order valence-electron chi connectivity index (χ2n) is 5.48. The Labute approximate surface area is 124 Å².